The van der Waals surface area contributed by atoms with Crippen molar-refractivity contribution in [2.24, 2.45) is 5.10 Å². The summed E-state index contributed by atoms with van der Waals surface area (Å²) >= 11 is 0. The molecule has 19 heavy (non-hydrogen) atoms. The molecule has 2 N–H and O–H groups in total. The van der Waals surface area contributed by atoms with Gasteiger partial charge in [0.2, 0.25) is 12.7 Å². The monoisotopic (exact) mass is 262 g/mol. The third-order valence-corrected chi connectivity index (χ3v) is 2.65. The van der Waals surface area contributed by atoms with Gasteiger partial charge in [0.25, 0.3) is 0 Å². The lowest BCUT2D eigenvalue weighted by Crippen LogP contribution is -1.98. The lowest BCUT2D eigenvalue weighted by molar-refractivity contribution is 0.174. The first-order valence-corrected chi connectivity index (χ1v) is 5.58. The molecule has 0 unspecified atom stereocenters. The van der Waals surface area contributed by atoms with Crippen LogP contribution >= 0.6 is 0 Å². The second kappa shape index (κ2) is 4.27. The highest BCUT2D eigenvalue weighted by Crippen LogP contribution is 2.33. The number of imidazole rings is 1. The van der Waals surface area contributed by atoms with Gasteiger partial charge in [0.05, 0.1) is 18.1 Å². The normalized spacial score (nSPS) is 13.4. The van der Waals surface area contributed by atoms with E-state index in [9.17, 15) is 4.39 Å². The molecule has 2 aromatic rings. The van der Waals surface area contributed by atoms with Crippen molar-refractivity contribution in [3.05, 3.63) is 35.4 Å². The number of ether oxygens (including phenoxy) is 2. The predicted molar refractivity (Wildman–Crippen MR) is 66.9 cm³/mol. The van der Waals surface area contributed by atoms with Gasteiger partial charge >= 0.3 is 0 Å². The van der Waals surface area contributed by atoms with E-state index in [-0.39, 0.29) is 18.3 Å². The minimum Gasteiger partial charge on any atom is -0.454 e. The highest BCUT2D eigenvalue weighted by molar-refractivity contribution is 5.81. The molecule has 0 spiro atoms. The van der Waals surface area contributed by atoms with E-state index >= 15 is 0 Å². The van der Waals surface area contributed by atoms with Gasteiger partial charge < -0.3 is 15.2 Å². The Kier molecular flexibility index (Phi) is 2.59. The third kappa shape index (κ3) is 2.10. The van der Waals surface area contributed by atoms with Crippen molar-refractivity contribution in [3.8, 4) is 11.5 Å². The zero-order valence-electron chi connectivity index (χ0n) is 10.1. The topological polar surface area (TPSA) is 74.7 Å². The Morgan fingerprint density at radius 1 is 1.42 bits per heavy atom. The maximum Gasteiger partial charge on any atom is 0.231 e. The van der Waals surface area contributed by atoms with Crippen LogP contribution in [0.4, 0.5) is 10.3 Å². The summed E-state index contributed by atoms with van der Waals surface area (Å²) in [6, 6.07) is 2.80. The molecule has 1 aliphatic rings. The fourth-order valence-electron chi connectivity index (χ4n) is 1.75. The Hall–Kier alpha value is -2.57. The number of halogens is 1. The van der Waals surface area contributed by atoms with E-state index in [0.717, 1.165) is 5.69 Å². The molecular formula is C12H11FN4O2. The van der Waals surface area contributed by atoms with Gasteiger partial charge in [-0.25, -0.2) is 14.1 Å². The molecule has 0 atom stereocenters. The van der Waals surface area contributed by atoms with Crippen LogP contribution in [0, 0.1) is 12.7 Å². The van der Waals surface area contributed by atoms with Gasteiger partial charge in [0.15, 0.2) is 11.5 Å². The zero-order chi connectivity index (χ0) is 13.4. The fraction of sp³-hybridized carbons (Fsp3) is 0.167. The van der Waals surface area contributed by atoms with Crippen LogP contribution in [0.2, 0.25) is 0 Å². The first kappa shape index (κ1) is 11.5. The summed E-state index contributed by atoms with van der Waals surface area (Å²) in [6.45, 7) is 1.90. The van der Waals surface area contributed by atoms with Crippen molar-refractivity contribution in [3.63, 3.8) is 0 Å². The predicted octanol–water partition coefficient (Wildman–Crippen LogP) is 1.52. The Bertz CT molecular complexity index is 666. The summed E-state index contributed by atoms with van der Waals surface area (Å²) in [4.78, 5) is 3.99. The van der Waals surface area contributed by atoms with Crippen molar-refractivity contribution < 1.29 is 13.9 Å². The fourth-order valence-corrected chi connectivity index (χ4v) is 1.75. The quantitative estimate of drug-likeness (QED) is 0.833. The number of anilines is 1. The number of hydrogen-bond donors (Lipinski definition) is 1. The Morgan fingerprint density at radius 2 is 2.16 bits per heavy atom. The van der Waals surface area contributed by atoms with E-state index < -0.39 is 5.82 Å². The van der Waals surface area contributed by atoms with E-state index in [1.165, 1.54) is 23.0 Å². The number of hydrogen-bond acceptors (Lipinski definition) is 5. The Labute approximate surface area is 108 Å². The molecule has 0 saturated heterocycles. The summed E-state index contributed by atoms with van der Waals surface area (Å²) in [6.07, 6.45) is 3.01. The molecule has 7 heteroatoms. The molecule has 0 fully saturated rings. The van der Waals surface area contributed by atoms with Crippen molar-refractivity contribution in [1.29, 1.82) is 0 Å². The van der Waals surface area contributed by atoms with Gasteiger partial charge in [-0.05, 0) is 13.0 Å². The second-order valence-electron chi connectivity index (χ2n) is 4.06. The van der Waals surface area contributed by atoms with Crippen LogP contribution in [0.25, 0.3) is 0 Å². The minimum atomic E-state index is -0.441. The molecule has 0 saturated carbocycles. The molecule has 6 nitrogen and oxygen atoms in total. The molecule has 1 aliphatic heterocycles. The summed E-state index contributed by atoms with van der Waals surface area (Å²) in [5.41, 5.74) is 6.66. The lowest BCUT2D eigenvalue weighted by Gasteiger charge is -2.00. The van der Waals surface area contributed by atoms with Crippen molar-refractivity contribution in [2.45, 2.75) is 6.92 Å². The van der Waals surface area contributed by atoms with Crippen molar-refractivity contribution >= 4 is 12.2 Å². The number of benzene rings is 1. The summed E-state index contributed by atoms with van der Waals surface area (Å²) in [5, 5.41) is 4.05. The number of nitrogens with zero attached hydrogens (tertiary/aromatic N) is 3. The highest BCUT2D eigenvalue weighted by atomic mass is 19.1. The standard InChI is InChI=1S/C12H11FN4O2/c1-7-5-17(12(14)16-7)15-4-8-2-10-11(3-9(8)13)19-6-18-10/h2-5H,6H2,1H3,(H2,14,16). The number of fused-ring (bicyclic) bond motifs is 1. The molecule has 0 amide bonds. The number of aromatic nitrogens is 2. The molecular weight excluding hydrogens is 251 g/mol. The van der Waals surface area contributed by atoms with Gasteiger partial charge in [0.1, 0.15) is 5.82 Å². The van der Waals surface area contributed by atoms with Crippen LogP contribution in [0.5, 0.6) is 11.5 Å². The van der Waals surface area contributed by atoms with Crippen LogP contribution in [0.15, 0.2) is 23.4 Å². The van der Waals surface area contributed by atoms with Crippen LogP contribution in [0.1, 0.15) is 11.3 Å². The van der Waals surface area contributed by atoms with Crippen molar-refractivity contribution in [2.75, 3.05) is 12.5 Å². The summed E-state index contributed by atoms with van der Waals surface area (Å²) in [7, 11) is 0. The van der Waals surface area contributed by atoms with Gasteiger partial charge in [-0.3, -0.25) is 0 Å². The molecule has 0 aliphatic carbocycles. The number of nitrogens with two attached hydrogens (primary N) is 1. The number of nitrogen functional groups attached to an aromatic ring is 1. The number of aryl methyl sites for hydroxylation is 1. The Balaban J connectivity index is 1.93. The van der Waals surface area contributed by atoms with E-state index in [1.54, 1.807) is 13.1 Å². The second-order valence-corrected chi connectivity index (χ2v) is 4.06. The van der Waals surface area contributed by atoms with Crippen LogP contribution in [0.3, 0.4) is 0 Å². The van der Waals surface area contributed by atoms with Crippen LogP contribution in [-0.4, -0.2) is 22.7 Å². The molecule has 1 aromatic carbocycles. The highest BCUT2D eigenvalue weighted by Gasteiger charge is 2.16. The van der Waals surface area contributed by atoms with Gasteiger partial charge in [-0.2, -0.15) is 5.10 Å². The smallest absolute Gasteiger partial charge is 0.231 e. The van der Waals surface area contributed by atoms with E-state index in [1.807, 2.05) is 0 Å². The lowest BCUT2D eigenvalue weighted by atomic mass is 10.2. The summed E-state index contributed by atoms with van der Waals surface area (Å²) < 4.78 is 25.4. The maximum absolute atomic E-state index is 13.8. The first-order chi connectivity index (χ1) is 9.13. The molecule has 98 valence electrons. The van der Waals surface area contributed by atoms with E-state index in [0.29, 0.717) is 11.5 Å². The molecule has 3 rings (SSSR count). The van der Waals surface area contributed by atoms with E-state index in [4.69, 9.17) is 15.2 Å². The maximum atomic E-state index is 13.8. The molecule has 1 aromatic heterocycles. The van der Waals surface area contributed by atoms with E-state index in [2.05, 4.69) is 10.1 Å². The van der Waals surface area contributed by atoms with Gasteiger partial charge in [-0.15, -0.1) is 0 Å². The van der Waals surface area contributed by atoms with Crippen LogP contribution in [-0.2, 0) is 0 Å². The average molecular weight is 262 g/mol. The zero-order valence-corrected chi connectivity index (χ0v) is 10.1. The molecule has 0 bridgehead atoms. The van der Waals surface area contributed by atoms with Crippen LogP contribution < -0.4 is 15.2 Å². The van der Waals surface area contributed by atoms with Crippen molar-refractivity contribution in [1.82, 2.24) is 9.66 Å². The first-order valence-electron chi connectivity index (χ1n) is 5.58. The molecule has 0 radical (unpaired) electrons. The number of rotatable bonds is 2. The average Bonchev–Trinajstić information content (AvgIpc) is 2.92. The van der Waals surface area contributed by atoms with Gasteiger partial charge in [-0.1, -0.05) is 0 Å². The minimum absolute atomic E-state index is 0.100. The van der Waals surface area contributed by atoms with Gasteiger partial charge in [0, 0.05) is 11.6 Å². The summed E-state index contributed by atoms with van der Waals surface area (Å²) in [5.74, 6) is 0.698. The largest absolute Gasteiger partial charge is 0.454 e. The third-order valence-electron chi connectivity index (χ3n) is 2.65. The SMILES string of the molecule is Cc1cn(N=Cc2cc3c(cc2F)OCO3)c(N)n1. The molecule has 2 heterocycles. The Morgan fingerprint density at radius 3 is 2.84 bits per heavy atom.